The summed E-state index contributed by atoms with van der Waals surface area (Å²) in [4.78, 5) is 33.6. The van der Waals surface area contributed by atoms with Crippen LogP contribution in [0.4, 0.5) is 5.82 Å². The molecule has 4 rings (SSSR count). The molecule has 3 fully saturated rings. The van der Waals surface area contributed by atoms with Gasteiger partial charge in [-0.1, -0.05) is 11.6 Å². The molecule has 0 atom stereocenters. The number of likely N-dealkylation sites (tertiary alicyclic amines) is 1. The number of carbonyl (C=O) groups excluding carboxylic acids is 2. The number of piperidine rings is 2. The molecule has 0 bridgehead atoms. The molecule has 0 unspecified atom stereocenters. The van der Waals surface area contributed by atoms with Crippen molar-refractivity contribution in [2.45, 2.75) is 44.6 Å². The standard InChI is InChI=1S/C20H27ClN4O2/c21-16-1-4-18(22-13-16)24-9-7-15(8-10-24)20(27)25-11-5-14(6-12-25)19(26)23-17-2-3-17/h1,4,13-15,17H,2-3,5-12H2,(H,23,26). The number of carbonyl (C=O) groups is 2. The van der Waals surface area contributed by atoms with E-state index in [0.717, 1.165) is 57.4 Å². The molecule has 6 nitrogen and oxygen atoms in total. The maximum absolute atomic E-state index is 12.9. The molecular formula is C20H27ClN4O2. The van der Waals surface area contributed by atoms with Gasteiger partial charge in [0, 0.05) is 50.3 Å². The molecule has 1 aromatic heterocycles. The summed E-state index contributed by atoms with van der Waals surface area (Å²) in [5, 5.41) is 3.73. The summed E-state index contributed by atoms with van der Waals surface area (Å²) < 4.78 is 0. The van der Waals surface area contributed by atoms with Crippen molar-refractivity contribution >= 4 is 29.2 Å². The van der Waals surface area contributed by atoms with Gasteiger partial charge in [-0.3, -0.25) is 9.59 Å². The number of nitrogens with zero attached hydrogens (tertiary/aromatic N) is 3. The van der Waals surface area contributed by atoms with Gasteiger partial charge in [0.25, 0.3) is 0 Å². The third-order valence-electron chi connectivity index (χ3n) is 5.98. The van der Waals surface area contributed by atoms with Crippen LogP contribution in [-0.2, 0) is 9.59 Å². The van der Waals surface area contributed by atoms with Gasteiger partial charge >= 0.3 is 0 Å². The van der Waals surface area contributed by atoms with Crippen LogP contribution in [0, 0.1) is 11.8 Å². The Morgan fingerprint density at radius 3 is 2.22 bits per heavy atom. The Labute approximate surface area is 165 Å². The van der Waals surface area contributed by atoms with Crippen LogP contribution in [0.1, 0.15) is 38.5 Å². The van der Waals surface area contributed by atoms with Gasteiger partial charge in [0.1, 0.15) is 5.82 Å². The molecular weight excluding hydrogens is 364 g/mol. The third-order valence-corrected chi connectivity index (χ3v) is 6.20. The fourth-order valence-corrected chi connectivity index (χ4v) is 4.19. The summed E-state index contributed by atoms with van der Waals surface area (Å²) in [6.07, 6.45) is 7.18. The average Bonchev–Trinajstić information content (AvgIpc) is 3.52. The SMILES string of the molecule is O=C(NC1CC1)C1CCN(C(=O)C2CCN(c3ccc(Cl)cn3)CC2)CC1. The van der Waals surface area contributed by atoms with Gasteiger partial charge in [-0.2, -0.15) is 0 Å². The highest BCUT2D eigenvalue weighted by atomic mass is 35.5. The predicted molar refractivity (Wildman–Crippen MR) is 105 cm³/mol. The van der Waals surface area contributed by atoms with Crippen LogP contribution in [0.3, 0.4) is 0 Å². The van der Waals surface area contributed by atoms with Crippen molar-refractivity contribution in [3.8, 4) is 0 Å². The molecule has 2 saturated heterocycles. The van der Waals surface area contributed by atoms with E-state index in [-0.39, 0.29) is 23.7 Å². The van der Waals surface area contributed by atoms with Crippen molar-refractivity contribution in [3.63, 3.8) is 0 Å². The summed E-state index contributed by atoms with van der Waals surface area (Å²) in [5.74, 6) is 1.54. The second-order valence-corrected chi connectivity index (χ2v) is 8.41. The molecule has 1 aliphatic carbocycles. The zero-order valence-electron chi connectivity index (χ0n) is 15.6. The Hall–Kier alpha value is -1.82. The van der Waals surface area contributed by atoms with Crippen LogP contribution in [0.25, 0.3) is 0 Å². The lowest BCUT2D eigenvalue weighted by Gasteiger charge is -2.37. The molecule has 2 amide bonds. The number of halogens is 1. The normalized spacial score (nSPS) is 22.0. The first kappa shape index (κ1) is 18.5. The van der Waals surface area contributed by atoms with Gasteiger partial charge in [-0.15, -0.1) is 0 Å². The molecule has 3 aliphatic rings. The van der Waals surface area contributed by atoms with Gasteiger partial charge in [0.2, 0.25) is 11.8 Å². The maximum Gasteiger partial charge on any atom is 0.225 e. The second-order valence-electron chi connectivity index (χ2n) is 7.98. The Morgan fingerprint density at radius 1 is 0.963 bits per heavy atom. The maximum atomic E-state index is 12.9. The van der Waals surface area contributed by atoms with E-state index in [9.17, 15) is 9.59 Å². The van der Waals surface area contributed by atoms with Gasteiger partial charge in [0.15, 0.2) is 0 Å². The molecule has 1 saturated carbocycles. The quantitative estimate of drug-likeness (QED) is 0.857. The van der Waals surface area contributed by atoms with Gasteiger partial charge < -0.3 is 15.1 Å². The molecule has 0 radical (unpaired) electrons. The number of amides is 2. The van der Waals surface area contributed by atoms with E-state index in [1.54, 1.807) is 6.20 Å². The monoisotopic (exact) mass is 390 g/mol. The van der Waals surface area contributed by atoms with Crippen molar-refractivity contribution < 1.29 is 9.59 Å². The lowest BCUT2D eigenvalue weighted by molar-refractivity contribution is -0.139. The topological polar surface area (TPSA) is 65.5 Å². The molecule has 2 aliphatic heterocycles. The predicted octanol–water partition coefficient (Wildman–Crippen LogP) is 2.47. The van der Waals surface area contributed by atoms with E-state index in [4.69, 9.17) is 11.6 Å². The first-order valence-corrected chi connectivity index (χ1v) is 10.4. The van der Waals surface area contributed by atoms with Crippen LogP contribution < -0.4 is 10.2 Å². The minimum Gasteiger partial charge on any atom is -0.357 e. The minimum atomic E-state index is 0.0764. The fraction of sp³-hybridized carbons (Fsp3) is 0.650. The first-order valence-electron chi connectivity index (χ1n) is 10.1. The van der Waals surface area contributed by atoms with Crippen LogP contribution in [0.5, 0.6) is 0 Å². The van der Waals surface area contributed by atoms with Gasteiger partial charge in [-0.25, -0.2) is 4.98 Å². The van der Waals surface area contributed by atoms with Crippen LogP contribution >= 0.6 is 11.6 Å². The van der Waals surface area contributed by atoms with Crippen molar-refractivity contribution in [1.29, 1.82) is 0 Å². The number of rotatable bonds is 4. The second kappa shape index (κ2) is 8.05. The third kappa shape index (κ3) is 4.54. The molecule has 27 heavy (non-hydrogen) atoms. The van der Waals surface area contributed by atoms with Crippen molar-refractivity contribution in [2.24, 2.45) is 11.8 Å². The molecule has 0 spiro atoms. The van der Waals surface area contributed by atoms with E-state index in [0.29, 0.717) is 24.2 Å². The summed E-state index contributed by atoms with van der Waals surface area (Å²) in [7, 11) is 0. The molecule has 7 heteroatoms. The summed E-state index contributed by atoms with van der Waals surface area (Å²) >= 11 is 5.90. The van der Waals surface area contributed by atoms with Crippen molar-refractivity contribution in [3.05, 3.63) is 23.4 Å². The largest absolute Gasteiger partial charge is 0.357 e. The molecule has 0 aromatic carbocycles. The summed E-state index contributed by atoms with van der Waals surface area (Å²) in [6, 6.07) is 4.20. The highest BCUT2D eigenvalue weighted by Gasteiger charge is 2.34. The molecule has 146 valence electrons. The summed E-state index contributed by atoms with van der Waals surface area (Å²) in [6.45, 7) is 3.09. The number of pyridine rings is 1. The molecule has 1 N–H and O–H groups in total. The van der Waals surface area contributed by atoms with Crippen LogP contribution in [-0.4, -0.2) is 53.9 Å². The van der Waals surface area contributed by atoms with Crippen LogP contribution in [0.15, 0.2) is 18.3 Å². The Balaban J connectivity index is 1.23. The first-order chi connectivity index (χ1) is 13.1. The Kier molecular flexibility index (Phi) is 5.53. The van der Waals surface area contributed by atoms with Crippen molar-refractivity contribution in [2.75, 3.05) is 31.1 Å². The van der Waals surface area contributed by atoms with E-state index in [1.165, 1.54) is 0 Å². The highest BCUT2D eigenvalue weighted by molar-refractivity contribution is 6.30. The van der Waals surface area contributed by atoms with E-state index < -0.39 is 0 Å². The summed E-state index contributed by atoms with van der Waals surface area (Å²) in [5.41, 5.74) is 0. The number of hydrogen-bond donors (Lipinski definition) is 1. The number of hydrogen-bond acceptors (Lipinski definition) is 4. The van der Waals surface area contributed by atoms with E-state index in [2.05, 4.69) is 15.2 Å². The Bertz CT molecular complexity index is 676. The zero-order valence-corrected chi connectivity index (χ0v) is 16.3. The smallest absolute Gasteiger partial charge is 0.225 e. The van der Waals surface area contributed by atoms with Gasteiger partial charge in [-0.05, 0) is 50.7 Å². The minimum absolute atomic E-state index is 0.0764. The zero-order chi connectivity index (χ0) is 18.8. The van der Waals surface area contributed by atoms with E-state index >= 15 is 0 Å². The lowest BCUT2D eigenvalue weighted by Crippen LogP contribution is -2.47. The number of nitrogens with one attached hydrogen (secondary N) is 1. The number of anilines is 1. The molecule has 1 aromatic rings. The molecule has 3 heterocycles. The lowest BCUT2D eigenvalue weighted by atomic mass is 9.91. The number of aromatic nitrogens is 1. The average molecular weight is 391 g/mol. The van der Waals surface area contributed by atoms with Crippen LogP contribution in [0.2, 0.25) is 5.02 Å². The fourth-order valence-electron chi connectivity index (χ4n) is 4.08. The Morgan fingerprint density at radius 2 is 1.63 bits per heavy atom. The van der Waals surface area contributed by atoms with E-state index in [1.807, 2.05) is 17.0 Å². The van der Waals surface area contributed by atoms with Gasteiger partial charge in [0.05, 0.1) is 5.02 Å². The highest BCUT2D eigenvalue weighted by Crippen LogP contribution is 2.27. The van der Waals surface area contributed by atoms with Crippen molar-refractivity contribution in [1.82, 2.24) is 15.2 Å².